The van der Waals surface area contributed by atoms with Crippen LogP contribution in [-0.2, 0) is 9.84 Å². The number of imidazole rings is 1. The highest BCUT2D eigenvalue weighted by molar-refractivity contribution is 7.90. The van der Waals surface area contributed by atoms with Gasteiger partial charge in [-0.1, -0.05) is 37.2 Å². The van der Waals surface area contributed by atoms with Gasteiger partial charge in [0.25, 0.3) is 5.19 Å². The Morgan fingerprint density at radius 2 is 1.92 bits per heavy atom. The van der Waals surface area contributed by atoms with E-state index in [1.165, 1.54) is 24.3 Å². The lowest BCUT2D eigenvalue weighted by Gasteiger charge is -2.21. The molecule has 0 saturated heterocycles. The standard InChI is InChI=1S/C23H23FN6O4S2/c1-13(2)20-26-21(34-28-20)29-11-9-15(10-12-29)14(3)33-23-27-30-19(24)18(25-22(30)35-23)16-5-7-17(8-6-16)36(4,31)32/h5-11,13-14H,12H2,1-4H3/t14-/m1/s1. The number of sulfone groups is 1. The number of hydrogen-bond acceptors (Lipinski definition) is 10. The van der Waals surface area contributed by atoms with Crippen molar-refractivity contribution in [2.45, 2.75) is 37.7 Å². The fraction of sp³-hybridized carbons (Fsp3) is 0.304. The Balaban J connectivity index is 1.27. The second-order valence-corrected chi connectivity index (χ2v) is 11.6. The first-order valence-electron chi connectivity index (χ1n) is 11.1. The molecule has 1 aliphatic heterocycles. The van der Waals surface area contributed by atoms with Crippen LogP contribution in [0.4, 0.5) is 10.4 Å². The summed E-state index contributed by atoms with van der Waals surface area (Å²) in [6.07, 6.45) is 6.52. The Bertz CT molecular complexity index is 1580. The number of benzene rings is 1. The molecule has 1 aliphatic rings. The highest BCUT2D eigenvalue weighted by Gasteiger charge is 2.22. The molecule has 0 bridgehead atoms. The van der Waals surface area contributed by atoms with Crippen molar-refractivity contribution in [3.05, 3.63) is 60.0 Å². The Kier molecular flexibility index (Phi) is 6.12. The van der Waals surface area contributed by atoms with Gasteiger partial charge in [-0.05, 0) is 42.0 Å². The zero-order valence-corrected chi connectivity index (χ0v) is 21.5. The molecule has 10 nitrogen and oxygen atoms in total. The minimum atomic E-state index is -3.34. The van der Waals surface area contributed by atoms with Crippen molar-refractivity contribution >= 4 is 32.1 Å². The molecule has 0 saturated carbocycles. The van der Waals surface area contributed by atoms with E-state index < -0.39 is 15.8 Å². The quantitative estimate of drug-likeness (QED) is 0.346. The Hall–Kier alpha value is -3.58. The van der Waals surface area contributed by atoms with Gasteiger partial charge in [-0.2, -0.15) is 13.9 Å². The van der Waals surface area contributed by atoms with E-state index in [1.807, 2.05) is 44.0 Å². The second kappa shape index (κ2) is 9.13. The molecule has 0 amide bonds. The SMILES string of the molecule is CC(C)c1noc(N2C=CC([C@@H](C)Oc3nn4c(F)c(-c5ccc(S(C)(=O)=O)cc5)nc4s3)=CC2)n1. The average Bonchev–Trinajstić information content (AvgIpc) is 3.55. The average molecular weight is 531 g/mol. The first-order chi connectivity index (χ1) is 17.1. The molecular weight excluding hydrogens is 507 g/mol. The van der Waals surface area contributed by atoms with Crippen molar-refractivity contribution in [2.75, 3.05) is 17.7 Å². The van der Waals surface area contributed by atoms with Crippen molar-refractivity contribution in [1.29, 1.82) is 0 Å². The Morgan fingerprint density at radius 3 is 2.50 bits per heavy atom. The predicted octanol–water partition coefficient (Wildman–Crippen LogP) is 4.23. The van der Waals surface area contributed by atoms with Crippen LogP contribution >= 0.6 is 11.3 Å². The van der Waals surface area contributed by atoms with Crippen molar-refractivity contribution in [2.24, 2.45) is 0 Å². The molecule has 1 atom stereocenters. The van der Waals surface area contributed by atoms with Crippen molar-refractivity contribution in [3.63, 3.8) is 0 Å². The largest absolute Gasteiger partial charge is 0.461 e. The number of ether oxygens (including phenoxy) is 1. The smallest absolute Gasteiger partial charge is 0.328 e. The molecule has 0 radical (unpaired) electrons. The highest BCUT2D eigenvalue weighted by atomic mass is 32.2. The van der Waals surface area contributed by atoms with E-state index in [-0.39, 0.29) is 27.8 Å². The summed E-state index contributed by atoms with van der Waals surface area (Å²) in [7, 11) is -3.34. The van der Waals surface area contributed by atoms with Crippen LogP contribution < -0.4 is 9.64 Å². The van der Waals surface area contributed by atoms with Crippen LogP contribution in [0.3, 0.4) is 0 Å². The number of fused-ring (bicyclic) bond motifs is 1. The maximum Gasteiger partial charge on any atom is 0.328 e. The summed E-state index contributed by atoms with van der Waals surface area (Å²) in [5.41, 5.74) is 1.47. The molecule has 3 aromatic heterocycles. The summed E-state index contributed by atoms with van der Waals surface area (Å²) in [6.45, 7) is 6.41. The second-order valence-electron chi connectivity index (χ2n) is 8.63. The molecular formula is C23H23FN6O4S2. The van der Waals surface area contributed by atoms with Crippen LogP contribution in [0.25, 0.3) is 16.2 Å². The fourth-order valence-corrected chi connectivity index (χ4v) is 4.99. The van der Waals surface area contributed by atoms with Gasteiger partial charge in [0.15, 0.2) is 15.7 Å². The molecule has 0 aliphatic carbocycles. The zero-order chi connectivity index (χ0) is 25.6. The Labute approximate surface area is 210 Å². The molecule has 13 heteroatoms. The van der Waals surface area contributed by atoms with E-state index >= 15 is 4.39 Å². The topological polar surface area (TPSA) is 116 Å². The van der Waals surface area contributed by atoms with Crippen LogP contribution in [0, 0.1) is 5.95 Å². The van der Waals surface area contributed by atoms with Gasteiger partial charge in [0, 0.05) is 30.5 Å². The van der Waals surface area contributed by atoms with Crippen LogP contribution in [-0.4, -0.2) is 52.1 Å². The Morgan fingerprint density at radius 1 is 1.17 bits per heavy atom. The van der Waals surface area contributed by atoms with Gasteiger partial charge in [-0.15, -0.1) is 5.10 Å². The third kappa shape index (κ3) is 4.63. The van der Waals surface area contributed by atoms with E-state index in [0.29, 0.717) is 28.9 Å². The van der Waals surface area contributed by atoms with E-state index in [0.717, 1.165) is 27.7 Å². The third-order valence-corrected chi connectivity index (χ3v) is 7.52. The van der Waals surface area contributed by atoms with Crippen LogP contribution in [0.2, 0.25) is 0 Å². The molecule has 0 unspecified atom stereocenters. The molecule has 5 rings (SSSR count). The first-order valence-corrected chi connectivity index (χ1v) is 13.8. The van der Waals surface area contributed by atoms with E-state index in [4.69, 9.17) is 9.26 Å². The lowest BCUT2D eigenvalue weighted by atomic mass is 10.1. The number of nitrogens with zero attached hydrogens (tertiary/aromatic N) is 6. The molecule has 188 valence electrons. The van der Waals surface area contributed by atoms with E-state index in [2.05, 4.69) is 20.2 Å². The van der Waals surface area contributed by atoms with Crippen LogP contribution in [0.15, 0.2) is 57.6 Å². The lowest BCUT2D eigenvalue weighted by Crippen LogP contribution is -2.23. The number of halogens is 1. The number of hydrogen-bond donors (Lipinski definition) is 0. The lowest BCUT2D eigenvalue weighted by molar-refractivity contribution is 0.255. The van der Waals surface area contributed by atoms with Crippen molar-refractivity contribution in [1.82, 2.24) is 24.7 Å². The minimum Gasteiger partial charge on any atom is -0.461 e. The minimum absolute atomic E-state index is 0.0908. The van der Waals surface area contributed by atoms with Gasteiger partial charge in [0.2, 0.25) is 10.9 Å². The molecule has 1 aromatic carbocycles. The molecule has 4 heterocycles. The number of anilines is 1. The van der Waals surface area contributed by atoms with Gasteiger partial charge >= 0.3 is 6.01 Å². The summed E-state index contributed by atoms with van der Waals surface area (Å²) < 4.78 is 50.7. The van der Waals surface area contributed by atoms with Crippen molar-refractivity contribution < 1.29 is 22.1 Å². The summed E-state index contributed by atoms with van der Waals surface area (Å²) in [5, 5.41) is 8.48. The van der Waals surface area contributed by atoms with Gasteiger partial charge in [0.1, 0.15) is 11.8 Å². The summed E-state index contributed by atoms with van der Waals surface area (Å²) in [4.78, 5) is 11.0. The van der Waals surface area contributed by atoms with Crippen LogP contribution in [0.5, 0.6) is 5.19 Å². The number of aromatic nitrogens is 5. The fourth-order valence-electron chi connectivity index (χ4n) is 3.55. The molecule has 4 aromatic rings. The van der Waals surface area contributed by atoms with Crippen LogP contribution in [0.1, 0.15) is 32.5 Å². The highest BCUT2D eigenvalue weighted by Crippen LogP contribution is 2.30. The first kappa shape index (κ1) is 24.1. The predicted molar refractivity (Wildman–Crippen MR) is 132 cm³/mol. The maximum atomic E-state index is 15.0. The summed E-state index contributed by atoms with van der Waals surface area (Å²) in [6, 6.07) is 6.32. The van der Waals surface area contributed by atoms with E-state index in [1.54, 1.807) is 0 Å². The molecule has 0 N–H and O–H groups in total. The van der Waals surface area contributed by atoms with E-state index in [9.17, 15) is 8.42 Å². The molecule has 0 fully saturated rings. The summed E-state index contributed by atoms with van der Waals surface area (Å²) >= 11 is 1.12. The van der Waals surface area contributed by atoms with Gasteiger partial charge in [0.05, 0.1) is 4.90 Å². The number of rotatable bonds is 7. The molecule has 0 spiro atoms. The van der Waals surface area contributed by atoms with Crippen molar-refractivity contribution in [3.8, 4) is 16.5 Å². The maximum absolute atomic E-state index is 15.0. The monoisotopic (exact) mass is 530 g/mol. The van der Waals surface area contributed by atoms with Gasteiger partial charge in [-0.25, -0.2) is 13.4 Å². The normalized spacial score (nSPS) is 15.1. The zero-order valence-electron chi connectivity index (χ0n) is 19.9. The molecule has 36 heavy (non-hydrogen) atoms. The van der Waals surface area contributed by atoms with Gasteiger partial charge in [-0.3, -0.25) is 4.90 Å². The van der Waals surface area contributed by atoms with Gasteiger partial charge < -0.3 is 9.26 Å². The summed E-state index contributed by atoms with van der Waals surface area (Å²) in [5.74, 6) is 0.181. The third-order valence-electron chi connectivity index (χ3n) is 5.60.